The van der Waals surface area contributed by atoms with Gasteiger partial charge < -0.3 is 10.2 Å². The third kappa shape index (κ3) is 4.95. The average molecular weight is 430 g/mol. The van der Waals surface area contributed by atoms with E-state index < -0.39 is 0 Å². The molecule has 0 radical (unpaired) electrons. The number of hydrogen-bond donors (Lipinski definition) is 1. The summed E-state index contributed by atoms with van der Waals surface area (Å²) < 4.78 is 1.88. The van der Waals surface area contributed by atoms with Gasteiger partial charge >= 0.3 is 0 Å². The Morgan fingerprint density at radius 3 is 2.48 bits per heavy atom. The molecule has 0 unspecified atom stereocenters. The van der Waals surface area contributed by atoms with Gasteiger partial charge in [0.25, 0.3) is 0 Å². The summed E-state index contributed by atoms with van der Waals surface area (Å²) in [6.07, 6.45) is 1.66. The number of anilines is 3. The first-order chi connectivity index (χ1) is 15.1. The molecule has 0 atom stereocenters. The van der Waals surface area contributed by atoms with Gasteiger partial charge in [-0.2, -0.15) is 0 Å². The van der Waals surface area contributed by atoms with Crippen molar-refractivity contribution < 1.29 is 4.79 Å². The molecule has 0 saturated carbocycles. The molecule has 0 bridgehead atoms. The van der Waals surface area contributed by atoms with E-state index >= 15 is 0 Å². The molecule has 4 rings (SSSR count). The van der Waals surface area contributed by atoms with E-state index in [1.54, 1.807) is 6.33 Å². The number of amides is 1. The van der Waals surface area contributed by atoms with E-state index in [4.69, 9.17) is 0 Å². The van der Waals surface area contributed by atoms with Gasteiger partial charge in [0.1, 0.15) is 6.33 Å². The molecule has 0 spiro atoms. The summed E-state index contributed by atoms with van der Waals surface area (Å²) >= 11 is 1.35. The number of carbonyl (C=O) groups excluding carboxylic acids is 1. The van der Waals surface area contributed by atoms with E-state index in [1.165, 1.54) is 17.3 Å². The highest BCUT2D eigenvalue weighted by atomic mass is 32.2. The number of benzene rings is 3. The summed E-state index contributed by atoms with van der Waals surface area (Å²) in [5.74, 6) is 0.130. The van der Waals surface area contributed by atoms with E-state index in [1.807, 2.05) is 97.4 Å². The van der Waals surface area contributed by atoms with Gasteiger partial charge in [0.15, 0.2) is 5.16 Å². The third-order valence-corrected chi connectivity index (χ3v) is 5.79. The van der Waals surface area contributed by atoms with Crippen LogP contribution < -0.4 is 10.2 Å². The molecule has 0 fully saturated rings. The lowest BCUT2D eigenvalue weighted by atomic mass is 10.2. The van der Waals surface area contributed by atoms with E-state index in [0.29, 0.717) is 5.16 Å². The Hall–Kier alpha value is -3.58. The molecule has 1 N–H and O–H groups in total. The maximum atomic E-state index is 12.7. The van der Waals surface area contributed by atoms with Crippen molar-refractivity contribution in [1.29, 1.82) is 0 Å². The van der Waals surface area contributed by atoms with Gasteiger partial charge in [-0.05, 0) is 43.3 Å². The maximum absolute atomic E-state index is 12.7. The zero-order chi connectivity index (χ0) is 21.6. The van der Waals surface area contributed by atoms with Crippen LogP contribution in [0.3, 0.4) is 0 Å². The minimum Gasteiger partial charge on any atom is -0.343 e. The minimum atomic E-state index is -0.0997. The van der Waals surface area contributed by atoms with Gasteiger partial charge in [-0.1, -0.05) is 59.8 Å². The Kier molecular flexibility index (Phi) is 6.33. The van der Waals surface area contributed by atoms with Crippen LogP contribution in [0.15, 0.2) is 90.3 Å². The number of hydrogen-bond acceptors (Lipinski definition) is 5. The van der Waals surface area contributed by atoms with E-state index in [0.717, 1.165) is 22.7 Å². The van der Waals surface area contributed by atoms with Crippen LogP contribution >= 0.6 is 11.8 Å². The second-order valence-corrected chi connectivity index (χ2v) is 8.01. The summed E-state index contributed by atoms with van der Waals surface area (Å²) in [4.78, 5) is 14.8. The minimum absolute atomic E-state index is 0.0997. The van der Waals surface area contributed by atoms with Crippen LogP contribution in [0.25, 0.3) is 5.69 Å². The Bertz CT molecular complexity index is 1160. The highest BCUT2D eigenvalue weighted by Crippen LogP contribution is 2.30. The molecule has 0 aliphatic heterocycles. The Morgan fingerprint density at radius 2 is 1.71 bits per heavy atom. The number of nitrogens with one attached hydrogen (secondary N) is 1. The summed E-state index contributed by atoms with van der Waals surface area (Å²) in [5.41, 5.74) is 4.89. The molecule has 1 heterocycles. The predicted octanol–water partition coefficient (Wildman–Crippen LogP) is 5.07. The van der Waals surface area contributed by atoms with Crippen LogP contribution in [0.5, 0.6) is 0 Å². The van der Waals surface area contributed by atoms with Crippen LogP contribution in [0.1, 0.15) is 5.56 Å². The van der Waals surface area contributed by atoms with Crippen molar-refractivity contribution in [3.8, 4) is 5.69 Å². The average Bonchev–Trinajstić information content (AvgIpc) is 3.27. The fourth-order valence-electron chi connectivity index (χ4n) is 3.18. The van der Waals surface area contributed by atoms with E-state index in [-0.39, 0.29) is 11.7 Å². The van der Waals surface area contributed by atoms with Crippen LogP contribution in [-0.4, -0.2) is 33.5 Å². The highest BCUT2D eigenvalue weighted by Gasteiger charge is 2.14. The number of thioether (sulfide) groups is 1. The van der Waals surface area contributed by atoms with Gasteiger partial charge in [0.2, 0.25) is 5.91 Å². The lowest BCUT2D eigenvalue weighted by Gasteiger charge is -2.22. The van der Waals surface area contributed by atoms with Crippen LogP contribution in [0, 0.1) is 6.92 Å². The fourth-order valence-corrected chi connectivity index (χ4v) is 3.91. The zero-order valence-corrected chi connectivity index (χ0v) is 18.2. The van der Waals surface area contributed by atoms with Gasteiger partial charge in [-0.25, -0.2) is 0 Å². The first-order valence-corrected chi connectivity index (χ1v) is 10.9. The molecule has 31 heavy (non-hydrogen) atoms. The Morgan fingerprint density at radius 1 is 1.00 bits per heavy atom. The summed E-state index contributed by atoms with van der Waals surface area (Å²) in [7, 11) is 1.99. The summed E-state index contributed by atoms with van der Waals surface area (Å²) in [5, 5.41) is 11.9. The number of para-hydroxylation sites is 3. The van der Waals surface area contributed by atoms with Crippen LogP contribution in [-0.2, 0) is 4.79 Å². The Balaban J connectivity index is 1.44. The standard InChI is InChI=1S/C24H23N5OS/c1-18-12-14-20(15-13-18)29-17-25-27-24(29)31-16-23(30)26-21-10-6-7-11-22(21)28(2)19-8-4-3-5-9-19/h3-15,17H,16H2,1-2H3,(H,26,30). The smallest absolute Gasteiger partial charge is 0.234 e. The molecule has 6 nitrogen and oxygen atoms in total. The molecule has 4 aromatic rings. The van der Waals surface area contributed by atoms with Crippen molar-refractivity contribution in [2.75, 3.05) is 23.0 Å². The number of carbonyl (C=O) groups is 1. The van der Waals surface area contributed by atoms with Crippen LogP contribution in [0.4, 0.5) is 17.1 Å². The maximum Gasteiger partial charge on any atom is 0.234 e. The largest absolute Gasteiger partial charge is 0.343 e. The number of nitrogens with zero attached hydrogens (tertiary/aromatic N) is 4. The van der Waals surface area contributed by atoms with Gasteiger partial charge in [-0.15, -0.1) is 10.2 Å². The second-order valence-electron chi connectivity index (χ2n) is 7.07. The van der Waals surface area contributed by atoms with Crippen LogP contribution in [0.2, 0.25) is 0 Å². The first-order valence-electron chi connectivity index (χ1n) is 9.89. The van der Waals surface area contributed by atoms with Gasteiger partial charge in [-0.3, -0.25) is 9.36 Å². The molecule has 0 aliphatic carbocycles. The SMILES string of the molecule is Cc1ccc(-n2cnnc2SCC(=O)Nc2ccccc2N(C)c2ccccc2)cc1. The summed E-state index contributed by atoms with van der Waals surface area (Å²) in [6.45, 7) is 2.04. The normalized spacial score (nSPS) is 10.6. The second kappa shape index (κ2) is 9.49. The molecule has 1 aromatic heterocycles. The number of aromatic nitrogens is 3. The van der Waals surface area contributed by atoms with E-state index in [9.17, 15) is 4.79 Å². The molecular weight excluding hydrogens is 406 g/mol. The molecular formula is C24H23N5OS. The highest BCUT2D eigenvalue weighted by molar-refractivity contribution is 7.99. The molecule has 0 aliphatic rings. The lowest BCUT2D eigenvalue weighted by molar-refractivity contribution is -0.113. The van der Waals surface area contributed by atoms with Crippen molar-refractivity contribution in [1.82, 2.24) is 14.8 Å². The van der Waals surface area contributed by atoms with Crippen molar-refractivity contribution in [2.45, 2.75) is 12.1 Å². The first kappa shape index (κ1) is 20.7. The number of rotatable bonds is 7. The third-order valence-electron chi connectivity index (χ3n) is 4.84. The zero-order valence-electron chi connectivity index (χ0n) is 17.4. The topological polar surface area (TPSA) is 63.1 Å². The molecule has 0 saturated heterocycles. The van der Waals surface area contributed by atoms with Crippen molar-refractivity contribution in [3.05, 3.63) is 90.8 Å². The molecule has 3 aromatic carbocycles. The quantitative estimate of drug-likeness (QED) is 0.415. The molecule has 1 amide bonds. The fraction of sp³-hybridized carbons (Fsp3) is 0.125. The van der Waals surface area contributed by atoms with E-state index in [2.05, 4.69) is 20.4 Å². The Labute approximate surface area is 185 Å². The molecule has 7 heteroatoms. The van der Waals surface area contributed by atoms with Crippen molar-refractivity contribution in [2.24, 2.45) is 0 Å². The van der Waals surface area contributed by atoms with Gasteiger partial charge in [0, 0.05) is 18.4 Å². The molecule has 156 valence electrons. The van der Waals surface area contributed by atoms with Gasteiger partial charge in [0.05, 0.1) is 17.1 Å². The predicted molar refractivity (Wildman–Crippen MR) is 126 cm³/mol. The van der Waals surface area contributed by atoms with Crippen molar-refractivity contribution >= 4 is 34.7 Å². The van der Waals surface area contributed by atoms with Crippen molar-refractivity contribution in [3.63, 3.8) is 0 Å². The summed E-state index contributed by atoms with van der Waals surface area (Å²) in [6, 6.07) is 25.9. The monoisotopic (exact) mass is 429 g/mol. The lowest BCUT2D eigenvalue weighted by Crippen LogP contribution is -2.18. The number of aryl methyl sites for hydroxylation is 1.